The lowest BCUT2D eigenvalue weighted by molar-refractivity contribution is -0.135. The molecule has 82 heavy (non-hydrogen) atoms. The second-order valence-corrected chi connectivity index (χ2v) is 31.7. The van der Waals surface area contributed by atoms with Crippen LogP contribution in [0.15, 0.2) is 20.5 Å². The number of nitrogens with zero attached hydrogens (tertiary/aromatic N) is 5. The lowest BCUT2D eigenvalue weighted by atomic mass is 9.63. The van der Waals surface area contributed by atoms with Crippen LogP contribution in [0.5, 0.6) is 0 Å². The van der Waals surface area contributed by atoms with Gasteiger partial charge < -0.3 is 20.4 Å². The Bertz CT molecular complexity index is 2080. The molecule has 18 atom stereocenters. The third-order valence-electron chi connectivity index (χ3n) is 26.1. The van der Waals surface area contributed by atoms with Crippen molar-refractivity contribution >= 4 is 23.3 Å². The largest absolute Gasteiger partial charge is 0.390 e. The lowest BCUT2D eigenvalue weighted by Crippen LogP contribution is -2.54. The fourth-order valence-corrected chi connectivity index (χ4v) is 21.5. The van der Waals surface area contributed by atoms with Crippen molar-refractivity contribution < 1.29 is 24.6 Å². The third kappa shape index (κ3) is 14.1. The first-order valence-electron chi connectivity index (χ1n) is 35.8. The molecule has 0 saturated heterocycles. The maximum absolute atomic E-state index is 14.5. The average molecular weight is 1160 g/mol. The van der Waals surface area contributed by atoms with Crippen molar-refractivity contribution in [2.45, 2.75) is 330 Å². The van der Waals surface area contributed by atoms with E-state index < -0.39 is 18.1 Å². The van der Waals surface area contributed by atoms with E-state index in [4.69, 9.17) is 36.9 Å². The molecule has 12 nitrogen and oxygen atoms in total. The number of nitrogens with one attached hydrogen (secondary N) is 2. The Balaban J connectivity index is 0.595. The van der Waals surface area contributed by atoms with Crippen molar-refractivity contribution in [3.8, 4) is 0 Å². The molecule has 0 aromatic carbocycles. The molecule has 18 unspecified atom stereocenters. The molecule has 12 aliphatic carbocycles. The van der Waals surface area contributed by atoms with Gasteiger partial charge in [0, 0.05) is 48.0 Å². The van der Waals surface area contributed by atoms with Crippen LogP contribution in [-0.2, 0) is 14.4 Å². The van der Waals surface area contributed by atoms with Gasteiger partial charge in [0.25, 0.3) is 0 Å². The number of azo groups is 2. The highest BCUT2D eigenvalue weighted by atomic mass is 35.5. The minimum absolute atomic E-state index is 0.0108. The van der Waals surface area contributed by atoms with E-state index in [-0.39, 0.29) is 71.2 Å². The SMILES string of the molecule is CC1CCC(N(C2CCC(C)CC2)C2CCC(CCC3CCC(NC(=O)C4CC5CCCCC5C(N=NC5CCC6C(C5)C(=O)C5CC(N=NC7C(O)C(CONC8CCCCC8Cl)CC8CCCCC87)CCC56)C4O)CC3)CC2)CC1. The number of carbonyl (C=O) groups excluding carboxylic acids is 2. The number of ketones is 1. The Labute approximate surface area is 501 Å². The van der Waals surface area contributed by atoms with Gasteiger partial charge in [-0.25, -0.2) is 0 Å². The van der Waals surface area contributed by atoms with E-state index in [1.807, 2.05) is 0 Å². The van der Waals surface area contributed by atoms with Crippen LogP contribution < -0.4 is 10.8 Å². The normalized spacial score (nSPS) is 47.6. The van der Waals surface area contributed by atoms with Crippen LogP contribution in [0.3, 0.4) is 0 Å². The van der Waals surface area contributed by atoms with E-state index in [9.17, 15) is 19.8 Å². The van der Waals surface area contributed by atoms with Crippen LogP contribution >= 0.6 is 11.6 Å². The van der Waals surface area contributed by atoms with E-state index in [2.05, 4.69) is 29.5 Å². The number of hydrogen-bond acceptors (Lipinski definition) is 11. The number of aliphatic hydroxyl groups is 2. The van der Waals surface area contributed by atoms with Gasteiger partial charge in [-0.05, 0) is 239 Å². The van der Waals surface area contributed by atoms with Crippen molar-refractivity contribution in [2.75, 3.05) is 6.61 Å². The van der Waals surface area contributed by atoms with Gasteiger partial charge in [0.05, 0.1) is 42.2 Å². The predicted molar refractivity (Wildman–Crippen MR) is 325 cm³/mol. The number of hydroxylamine groups is 1. The summed E-state index contributed by atoms with van der Waals surface area (Å²) in [5.41, 5.74) is 3.27. The molecule has 13 heteroatoms. The number of amides is 1. The molecule has 12 fully saturated rings. The molecule has 0 radical (unpaired) electrons. The van der Waals surface area contributed by atoms with Crippen LogP contribution in [0.25, 0.3) is 0 Å². The molecule has 4 N–H and O–H groups in total. The van der Waals surface area contributed by atoms with Crippen LogP contribution in [0, 0.1) is 82.9 Å². The molecule has 0 heterocycles. The average Bonchev–Trinajstić information content (AvgIpc) is 3.81. The molecule has 0 aliphatic heterocycles. The molecular formula is C69H114ClN7O5. The monoisotopic (exact) mass is 1160 g/mol. The summed E-state index contributed by atoms with van der Waals surface area (Å²) in [6.45, 7) is 5.41. The Kier molecular flexibility index (Phi) is 20.9. The number of alkyl halides is 1. The molecule has 0 spiro atoms. The summed E-state index contributed by atoms with van der Waals surface area (Å²) < 4.78 is 0. The predicted octanol–water partition coefficient (Wildman–Crippen LogP) is 14.7. The number of rotatable bonds is 16. The van der Waals surface area contributed by atoms with Crippen molar-refractivity contribution in [3.63, 3.8) is 0 Å². The van der Waals surface area contributed by atoms with E-state index >= 15 is 0 Å². The molecular weight excluding hydrogens is 1040 g/mol. The number of Topliss-reactive ketones (excluding diaryl/α,β-unsaturated/α-hetero) is 1. The summed E-state index contributed by atoms with van der Waals surface area (Å²) >= 11 is 6.62. The van der Waals surface area contributed by atoms with Crippen LogP contribution in [0.1, 0.15) is 258 Å². The molecule has 12 aliphatic rings. The zero-order valence-electron chi connectivity index (χ0n) is 51.3. The van der Waals surface area contributed by atoms with Gasteiger partial charge in [-0.1, -0.05) is 78.1 Å². The lowest BCUT2D eigenvalue weighted by Gasteiger charge is -2.49. The van der Waals surface area contributed by atoms with Crippen LogP contribution in [-0.4, -0.2) is 105 Å². The fraction of sp³-hybridized carbons (Fsp3) is 0.971. The Morgan fingerprint density at radius 3 is 1.59 bits per heavy atom. The molecule has 12 saturated carbocycles. The van der Waals surface area contributed by atoms with E-state index in [0.717, 1.165) is 145 Å². The smallest absolute Gasteiger partial charge is 0.226 e. The Hall–Kier alpha value is -1.57. The van der Waals surface area contributed by atoms with Crippen molar-refractivity contribution in [3.05, 3.63) is 0 Å². The zero-order valence-corrected chi connectivity index (χ0v) is 52.1. The molecule has 0 aromatic heterocycles. The van der Waals surface area contributed by atoms with Gasteiger partial charge in [0.15, 0.2) is 0 Å². The molecule has 0 aromatic rings. The number of halogens is 1. The first-order valence-corrected chi connectivity index (χ1v) is 36.2. The van der Waals surface area contributed by atoms with Crippen LogP contribution in [0.4, 0.5) is 0 Å². The van der Waals surface area contributed by atoms with E-state index in [1.165, 1.54) is 141 Å². The topological polar surface area (TPSA) is 161 Å². The summed E-state index contributed by atoms with van der Waals surface area (Å²) in [6.07, 6.45) is 43.7. The van der Waals surface area contributed by atoms with Crippen LogP contribution in [0.2, 0.25) is 0 Å². The van der Waals surface area contributed by atoms with Crippen molar-refractivity contribution in [1.82, 2.24) is 15.7 Å². The highest BCUT2D eigenvalue weighted by Gasteiger charge is 2.55. The third-order valence-corrected chi connectivity index (χ3v) is 26.6. The first-order chi connectivity index (χ1) is 40.0. The zero-order chi connectivity index (χ0) is 56.3. The second-order valence-electron chi connectivity index (χ2n) is 31.1. The van der Waals surface area contributed by atoms with Gasteiger partial charge in [0.2, 0.25) is 5.91 Å². The fourth-order valence-electron chi connectivity index (χ4n) is 21.1. The molecule has 12 rings (SSSR count). The van der Waals surface area contributed by atoms with E-state index in [0.29, 0.717) is 42.0 Å². The number of carbonyl (C=O) groups is 2. The minimum Gasteiger partial charge on any atom is -0.390 e. The first kappa shape index (κ1) is 60.7. The summed E-state index contributed by atoms with van der Waals surface area (Å²) in [6, 6.07) is 2.28. The highest BCUT2D eigenvalue weighted by Crippen LogP contribution is 2.54. The summed E-state index contributed by atoms with van der Waals surface area (Å²) in [7, 11) is 0. The van der Waals surface area contributed by atoms with Crippen molar-refractivity contribution in [1.29, 1.82) is 0 Å². The quantitative estimate of drug-likeness (QED) is 0.0680. The maximum atomic E-state index is 14.5. The maximum Gasteiger partial charge on any atom is 0.226 e. The molecule has 1 amide bonds. The highest BCUT2D eigenvalue weighted by molar-refractivity contribution is 6.21. The molecule has 0 bridgehead atoms. The van der Waals surface area contributed by atoms with Gasteiger partial charge >= 0.3 is 0 Å². The summed E-state index contributed by atoms with van der Waals surface area (Å²) in [5.74, 6) is 5.91. The summed E-state index contributed by atoms with van der Waals surface area (Å²) in [4.78, 5) is 38.0. The van der Waals surface area contributed by atoms with Gasteiger partial charge in [-0.2, -0.15) is 25.9 Å². The van der Waals surface area contributed by atoms with Gasteiger partial charge in [0.1, 0.15) is 17.9 Å². The number of hydrogen-bond donors (Lipinski definition) is 4. The number of fused-ring (bicyclic) bond motifs is 5. The molecule has 462 valence electrons. The minimum atomic E-state index is -0.821. The van der Waals surface area contributed by atoms with Crippen molar-refractivity contribution in [2.24, 2.45) is 103 Å². The standard InChI is InChI=1S/C69H114ClN7O5/c1-42-15-29-52(30-16-42)77(53-31-17-43(2)18-32-53)54-33-23-45(24-34-54)20-19-44-21-25-49(26-22-44)71-69(81)61-38-47-10-4-6-12-56(47)65(68(61)80)75-73-51-28-36-58-57-35-27-50(39-59(57)67(79)60(58)40-51)72-74-64-55-11-5-3-9-46(55)37-48(66(64)78)41-82-76-63-14-8-7-13-62(63)70/h42-66,68,76,78,80H,3-41H2,1-2H3,(H,71,81). The Morgan fingerprint density at radius 1 is 0.537 bits per heavy atom. The second kappa shape index (κ2) is 28.3. The van der Waals surface area contributed by atoms with E-state index in [1.54, 1.807) is 0 Å². The van der Waals surface area contributed by atoms with Gasteiger partial charge in [-0.15, -0.1) is 11.6 Å². The summed E-state index contributed by atoms with van der Waals surface area (Å²) in [5, 5.41) is 47.9. The van der Waals surface area contributed by atoms with Gasteiger partial charge in [-0.3, -0.25) is 14.5 Å². The number of aliphatic hydroxyl groups excluding tert-OH is 2. The Morgan fingerprint density at radius 2 is 1.02 bits per heavy atom.